The van der Waals surface area contributed by atoms with Crippen LogP contribution in [-0.2, 0) is 12.5 Å². The molecule has 0 radical (unpaired) electrons. The summed E-state index contributed by atoms with van der Waals surface area (Å²) in [6.45, 7) is 6.08. The Kier molecular flexibility index (Phi) is 3.48. The molecule has 0 aliphatic heterocycles. The highest BCUT2D eigenvalue weighted by molar-refractivity contribution is 6.04. The van der Waals surface area contributed by atoms with Gasteiger partial charge in [0.15, 0.2) is 0 Å². The number of nitrogens with one attached hydrogen (secondary N) is 1. The van der Waals surface area contributed by atoms with Crippen LogP contribution in [0, 0.1) is 0 Å². The van der Waals surface area contributed by atoms with Crippen molar-refractivity contribution in [1.29, 1.82) is 0 Å². The van der Waals surface area contributed by atoms with Crippen LogP contribution in [0.3, 0.4) is 0 Å². The van der Waals surface area contributed by atoms with Crippen LogP contribution in [0.4, 0.5) is 11.6 Å². The van der Waals surface area contributed by atoms with Crippen molar-refractivity contribution in [3.8, 4) is 0 Å². The monoisotopic (exact) mass is 273 g/mol. The molecule has 2 aromatic rings. The molecule has 0 unspecified atom stereocenters. The number of nitrogens with two attached hydrogens (primary N) is 1. The van der Waals surface area contributed by atoms with Gasteiger partial charge in [0.05, 0.1) is 6.20 Å². The minimum atomic E-state index is -0.229. The number of pyridine rings is 1. The van der Waals surface area contributed by atoms with Crippen LogP contribution < -0.4 is 11.1 Å². The van der Waals surface area contributed by atoms with Crippen LogP contribution >= 0.6 is 0 Å². The molecule has 0 aromatic carbocycles. The average Bonchev–Trinajstić information content (AvgIpc) is 2.73. The molecule has 0 aliphatic rings. The van der Waals surface area contributed by atoms with Gasteiger partial charge in [0.2, 0.25) is 0 Å². The third-order valence-electron chi connectivity index (χ3n) is 2.94. The smallest absolute Gasteiger partial charge is 0.257 e. The molecular weight excluding hydrogens is 254 g/mol. The van der Waals surface area contributed by atoms with E-state index in [9.17, 15) is 4.79 Å². The molecule has 0 saturated heterocycles. The zero-order chi connectivity index (χ0) is 14.9. The Bertz CT molecular complexity index is 639. The highest BCUT2D eigenvalue weighted by atomic mass is 16.1. The number of aryl methyl sites for hydroxylation is 1. The molecule has 6 nitrogen and oxygen atoms in total. The van der Waals surface area contributed by atoms with Gasteiger partial charge in [-0.25, -0.2) is 4.98 Å². The fourth-order valence-electron chi connectivity index (χ4n) is 1.75. The van der Waals surface area contributed by atoms with Gasteiger partial charge in [-0.05, 0) is 12.1 Å². The molecule has 106 valence electrons. The molecule has 20 heavy (non-hydrogen) atoms. The van der Waals surface area contributed by atoms with Gasteiger partial charge < -0.3 is 11.1 Å². The van der Waals surface area contributed by atoms with Gasteiger partial charge in [-0.1, -0.05) is 20.8 Å². The summed E-state index contributed by atoms with van der Waals surface area (Å²) in [6.07, 6.45) is 1.62. The van der Waals surface area contributed by atoms with Gasteiger partial charge in [0.25, 0.3) is 5.91 Å². The van der Waals surface area contributed by atoms with E-state index < -0.39 is 0 Å². The summed E-state index contributed by atoms with van der Waals surface area (Å²) in [6, 6.07) is 5.07. The molecular formula is C14H19N5O. The van der Waals surface area contributed by atoms with Crippen molar-refractivity contribution >= 4 is 17.5 Å². The Morgan fingerprint density at radius 1 is 1.35 bits per heavy atom. The van der Waals surface area contributed by atoms with E-state index in [1.54, 1.807) is 36.1 Å². The van der Waals surface area contributed by atoms with E-state index in [0.29, 0.717) is 17.2 Å². The molecule has 6 heteroatoms. The predicted octanol–water partition coefficient (Wildman–Crippen LogP) is 1.95. The van der Waals surface area contributed by atoms with E-state index in [2.05, 4.69) is 15.4 Å². The maximum atomic E-state index is 12.3. The lowest BCUT2D eigenvalue weighted by Crippen LogP contribution is -2.19. The number of nitrogen functional groups attached to an aromatic ring is 1. The number of nitrogens with zero attached hydrogens (tertiary/aromatic N) is 3. The second kappa shape index (κ2) is 4.96. The third kappa shape index (κ3) is 2.96. The predicted molar refractivity (Wildman–Crippen MR) is 78.5 cm³/mol. The summed E-state index contributed by atoms with van der Waals surface area (Å²) < 4.78 is 1.59. The fourth-order valence-corrected chi connectivity index (χ4v) is 1.75. The van der Waals surface area contributed by atoms with Crippen molar-refractivity contribution in [1.82, 2.24) is 14.8 Å². The Balaban J connectivity index is 2.31. The first kappa shape index (κ1) is 14.0. The first-order chi connectivity index (χ1) is 9.27. The van der Waals surface area contributed by atoms with Crippen LogP contribution in [0.1, 0.15) is 36.8 Å². The molecule has 0 bridgehead atoms. The Morgan fingerprint density at radius 3 is 2.60 bits per heavy atom. The normalized spacial score (nSPS) is 11.4. The van der Waals surface area contributed by atoms with Gasteiger partial charge in [-0.15, -0.1) is 0 Å². The van der Waals surface area contributed by atoms with Crippen molar-refractivity contribution in [3.63, 3.8) is 0 Å². The van der Waals surface area contributed by atoms with E-state index in [1.165, 1.54) is 0 Å². The summed E-state index contributed by atoms with van der Waals surface area (Å²) in [5.74, 6) is 0.739. The minimum Gasteiger partial charge on any atom is -0.384 e. The van der Waals surface area contributed by atoms with Crippen LogP contribution in [-0.4, -0.2) is 20.7 Å². The summed E-state index contributed by atoms with van der Waals surface area (Å²) >= 11 is 0. The molecule has 2 aromatic heterocycles. The second-order valence-electron chi connectivity index (χ2n) is 5.71. The van der Waals surface area contributed by atoms with E-state index in [1.807, 2.05) is 20.8 Å². The molecule has 0 spiro atoms. The lowest BCUT2D eigenvalue weighted by molar-refractivity contribution is 0.102. The summed E-state index contributed by atoms with van der Waals surface area (Å²) in [7, 11) is 1.76. The average molecular weight is 273 g/mol. The van der Waals surface area contributed by atoms with E-state index in [0.717, 1.165) is 5.69 Å². The summed E-state index contributed by atoms with van der Waals surface area (Å²) in [5, 5.41) is 6.79. The van der Waals surface area contributed by atoms with Gasteiger partial charge in [-0.3, -0.25) is 9.48 Å². The topological polar surface area (TPSA) is 85.8 Å². The number of rotatable bonds is 2. The maximum absolute atomic E-state index is 12.3. The molecule has 0 saturated carbocycles. The minimum absolute atomic E-state index is 0.170. The molecule has 1 amide bonds. The number of amides is 1. The Hall–Kier alpha value is -2.37. The molecule has 0 aliphatic carbocycles. The molecule has 0 fully saturated rings. The Morgan fingerprint density at radius 2 is 2.05 bits per heavy atom. The zero-order valence-electron chi connectivity index (χ0n) is 12.1. The number of hydrogen-bond acceptors (Lipinski definition) is 4. The van der Waals surface area contributed by atoms with Crippen LogP contribution in [0.25, 0.3) is 0 Å². The van der Waals surface area contributed by atoms with Crippen LogP contribution in [0.5, 0.6) is 0 Å². The SMILES string of the molecule is Cn1nccc1NC(=O)c1cc(N)nc(C(C)(C)C)c1. The quantitative estimate of drug-likeness (QED) is 0.875. The van der Waals surface area contributed by atoms with Crippen molar-refractivity contribution in [2.75, 3.05) is 11.1 Å². The Labute approximate surface area is 118 Å². The van der Waals surface area contributed by atoms with Gasteiger partial charge in [0.1, 0.15) is 11.6 Å². The highest BCUT2D eigenvalue weighted by Gasteiger charge is 2.19. The zero-order valence-corrected chi connectivity index (χ0v) is 12.1. The lowest BCUT2D eigenvalue weighted by Gasteiger charge is -2.19. The highest BCUT2D eigenvalue weighted by Crippen LogP contribution is 2.22. The molecule has 0 atom stereocenters. The second-order valence-corrected chi connectivity index (χ2v) is 5.71. The van der Waals surface area contributed by atoms with Gasteiger partial charge in [-0.2, -0.15) is 5.10 Å². The van der Waals surface area contributed by atoms with Crippen LogP contribution in [0.2, 0.25) is 0 Å². The largest absolute Gasteiger partial charge is 0.384 e. The maximum Gasteiger partial charge on any atom is 0.257 e. The summed E-state index contributed by atoms with van der Waals surface area (Å²) in [4.78, 5) is 16.5. The molecule has 2 rings (SSSR count). The first-order valence-electron chi connectivity index (χ1n) is 6.35. The number of anilines is 2. The summed E-state index contributed by atoms with van der Waals surface area (Å²) in [5.41, 5.74) is 6.89. The fraction of sp³-hybridized carbons (Fsp3) is 0.357. The number of hydrogen-bond donors (Lipinski definition) is 2. The molecule has 2 heterocycles. The molecule has 3 N–H and O–H groups in total. The van der Waals surface area contributed by atoms with Crippen molar-refractivity contribution in [2.24, 2.45) is 7.05 Å². The van der Waals surface area contributed by atoms with Gasteiger partial charge in [0, 0.05) is 29.8 Å². The van der Waals surface area contributed by atoms with Crippen molar-refractivity contribution in [3.05, 3.63) is 35.7 Å². The van der Waals surface area contributed by atoms with Crippen LogP contribution in [0.15, 0.2) is 24.4 Å². The van der Waals surface area contributed by atoms with E-state index in [-0.39, 0.29) is 11.3 Å². The number of carbonyl (C=O) groups excluding carboxylic acids is 1. The standard InChI is InChI=1S/C14H19N5O/c1-14(2,3)10-7-9(8-11(15)17-10)13(20)18-12-5-6-16-19(12)4/h5-8H,1-4H3,(H2,15,17)(H,18,20). The third-order valence-corrected chi connectivity index (χ3v) is 2.94. The first-order valence-corrected chi connectivity index (χ1v) is 6.35. The van der Waals surface area contributed by atoms with E-state index >= 15 is 0 Å². The van der Waals surface area contributed by atoms with Gasteiger partial charge >= 0.3 is 0 Å². The number of aromatic nitrogens is 3. The van der Waals surface area contributed by atoms with E-state index in [4.69, 9.17) is 5.73 Å². The van der Waals surface area contributed by atoms with Crippen molar-refractivity contribution in [2.45, 2.75) is 26.2 Å². The van der Waals surface area contributed by atoms with Crippen molar-refractivity contribution < 1.29 is 4.79 Å². The lowest BCUT2D eigenvalue weighted by atomic mass is 9.90. The number of carbonyl (C=O) groups is 1.